The molecule has 0 aliphatic carbocycles. The number of pyridine rings is 1. The molecule has 1 aliphatic heterocycles. The van der Waals surface area contributed by atoms with Gasteiger partial charge in [0.05, 0.1) is 22.5 Å². The summed E-state index contributed by atoms with van der Waals surface area (Å²) in [5, 5.41) is 18.7. The van der Waals surface area contributed by atoms with Crippen molar-refractivity contribution in [2.75, 3.05) is 45.0 Å². The fourth-order valence-electron chi connectivity index (χ4n) is 3.78. The lowest BCUT2D eigenvalue weighted by molar-refractivity contribution is 0.134. The summed E-state index contributed by atoms with van der Waals surface area (Å²) in [6.07, 6.45) is 0. The zero-order valence-corrected chi connectivity index (χ0v) is 17.1. The molecule has 1 aliphatic rings. The number of piperazine rings is 1. The van der Waals surface area contributed by atoms with Gasteiger partial charge in [0.2, 0.25) is 5.43 Å². The van der Waals surface area contributed by atoms with E-state index in [1.54, 1.807) is 0 Å². The molecule has 1 aromatic heterocycles. The fourth-order valence-corrected chi connectivity index (χ4v) is 3.78. The molecule has 5 N–H and O–H groups in total. The lowest BCUT2D eigenvalue weighted by Gasteiger charge is -2.35. The van der Waals surface area contributed by atoms with Gasteiger partial charge in [-0.1, -0.05) is 19.9 Å². The first kappa shape index (κ1) is 21.9. The number of nitrogens with zero attached hydrogens (tertiary/aromatic N) is 2. The Bertz CT molecular complexity index is 977. The van der Waals surface area contributed by atoms with Crippen molar-refractivity contribution in [3.63, 3.8) is 0 Å². The third-order valence-electron chi connectivity index (χ3n) is 5.19. The van der Waals surface area contributed by atoms with Crippen LogP contribution in [-0.2, 0) is 0 Å². The van der Waals surface area contributed by atoms with Gasteiger partial charge in [0.15, 0.2) is 5.75 Å². The molecule has 7 nitrogen and oxygen atoms in total. The van der Waals surface area contributed by atoms with E-state index in [0.29, 0.717) is 5.92 Å². The number of nitrogens with one attached hydrogen (secondary N) is 2. The van der Waals surface area contributed by atoms with E-state index in [1.807, 2.05) is 4.90 Å². The molecule has 0 saturated carbocycles. The van der Waals surface area contributed by atoms with Crippen molar-refractivity contribution in [3.05, 3.63) is 45.6 Å². The number of H-pyrrole nitrogens is 1. The molecule has 0 amide bonds. The Morgan fingerprint density at radius 1 is 1.20 bits per heavy atom. The number of nitrogen functional groups attached to an aromatic ring is 1. The summed E-state index contributed by atoms with van der Waals surface area (Å²) in [6.45, 7) is 8.77. The molecule has 0 atom stereocenters. The lowest BCUT2D eigenvalue weighted by atomic mass is 10.0. The largest absolute Gasteiger partial charge is 0.503 e. The summed E-state index contributed by atoms with van der Waals surface area (Å²) in [4.78, 5) is 19.6. The molecule has 9 heteroatoms. The van der Waals surface area contributed by atoms with Crippen LogP contribution in [0.25, 0.3) is 11.3 Å². The Balaban J connectivity index is 1.81. The van der Waals surface area contributed by atoms with Gasteiger partial charge in [0.25, 0.3) is 0 Å². The van der Waals surface area contributed by atoms with Crippen LogP contribution in [0.3, 0.4) is 0 Å². The second-order valence-electron chi connectivity index (χ2n) is 8.01. The van der Waals surface area contributed by atoms with E-state index in [-0.39, 0.29) is 23.6 Å². The molecule has 1 aromatic carbocycles. The van der Waals surface area contributed by atoms with Crippen LogP contribution in [0.5, 0.6) is 5.75 Å². The SMILES string of the molecule is CC(C)CN1CCN(CC(=N)c2c(N)[nH]c(-c3c(F)cccc3F)c(O)c2=O)CC1. The van der Waals surface area contributed by atoms with Gasteiger partial charge >= 0.3 is 0 Å². The summed E-state index contributed by atoms with van der Waals surface area (Å²) in [7, 11) is 0. The van der Waals surface area contributed by atoms with Crippen molar-refractivity contribution < 1.29 is 13.9 Å². The lowest BCUT2D eigenvalue weighted by Crippen LogP contribution is -2.49. The van der Waals surface area contributed by atoms with E-state index in [4.69, 9.17) is 11.1 Å². The van der Waals surface area contributed by atoms with Crippen LogP contribution in [0.15, 0.2) is 23.0 Å². The third-order valence-corrected chi connectivity index (χ3v) is 5.19. The number of aromatic nitrogens is 1. The fraction of sp³-hybridized carbons (Fsp3) is 0.429. The number of nitrogens with two attached hydrogens (primary N) is 1. The minimum absolute atomic E-state index is 0.0538. The van der Waals surface area contributed by atoms with Crippen LogP contribution in [0, 0.1) is 23.0 Å². The summed E-state index contributed by atoms with van der Waals surface area (Å²) < 4.78 is 28.2. The number of rotatable bonds is 6. The van der Waals surface area contributed by atoms with E-state index >= 15 is 0 Å². The molecule has 2 aromatic rings. The van der Waals surface area contributed by atoms with Crippen LogP contribution in [0.1, 0.15) is 19.4 Å². The standard InChI is InChI=1S/C21H27F2N5O2/c1-12(2)10-27-6-8-28(9-7-27)11-15(24)17-19(29)20(30)18(26-21(17)25)16-13(22)4-3-5-14(16)23/h3-5,12,24,30H,6-11H2,1-2H3,(H3,25,26,29). The Morgan fingerprint density at radius 2 is 1.77 bits per heavy atom. The van der Waals surface area contributed by atoms with Gasteiger partial charge < -0.3 is 26.1 Å². The Labute approximate surface area is 173 Å². The maximum Gasteiger partial charge on any atom is 0.235 e. The number of halogens is 2. The van der Waals surface area contributed by atoms with Crippen molar-refractivity contribution in [1.29, 1.82) is 5.41 Å². The van der Waals surface area contributed by atoms with E-state index in [2.05, 4.69) is 23.7 Å². The first-order valence-electron chi connectivity index (χ1n) is 9.90. The van der Waals surface area contributed by atoms with Crippen LogP contribution in [0.4, 0.5) is 14.6 Å². The van der Waals surface area contributed by atoms with Gasteiger partial charge in [0.1, 0.15) is 17.5 Å². The summed E-state index contributed by atoms with van der Waals surface area (Å²) in [6, 6.07) is 3.21. The third kappa shape index (κ3) is 4.52. The molecule has 1 saturated heterocycles. The number of aromatic amines is 1. The highest BCUT2D eigenvalue weighted by molar-refractivity contribution is 6.04. The Kier molecular flexibility index (Phi) is 6.52. The number of benzene rings is 1. The molecule has 0 unspecified atom stereocenters. The molecule has 0 radical (unpaired) electrons. The van der Waals surface area contributed by atoms with Gasteiger partial charge in [-0.25, -0.2) is 8.78 Å². The van der Waals surface area contributed by atoms with E-state index < -0.39 is 34.1 Å². The number of aromatic hydroxyl groups is 1. The second-order valence-corrected chi connectivity index (χ2v) is 8.01. The maximum atomic E-state index is 14.1. The van der Waals surface area contributed by atoms with Crippen LogP contribution in [-0.4, -0.2) is 64.9 Å². The smallest absolute Gasteiger partial charge is 0.235 e. The van der Waals surface area contributed by atoms with E-state index in [1.165, 1.54) is 6.07 Å². The van der Waals surface area contributed by atoms with Gasteiger partial charge in [-0.15, -0.1) is 0 Å². The predicted octanol–water partition coefficient (Wildman–Crippen LogP) is 2.25. The highest BCUT2D eigenvalue weighted by Crippen LogP contribution is 2.31. The summed E-state index contributed by atoms with van der Waals surface area (Å²) in [5.74, 6) is -2.38. The first-order valence-corrected chi connectivity index (χ1v) is 9.90. The zero-order chi connectivity index (χ0) is 22.0. The minimum atomic E-state index is -0.942. The number of anilines is 1. The molecule has 3 rings (SSSR count). The summed E-state index contributed by atoms with van der Waals surface area (Å²) in [5.41, 5.74) is 3.76. The predicted molar refractivity (Wildman–Crippen MR) is 113 cm³/mol. The van der Waals surface area contributed by atoms with Crippen LogP contribution in [0.2, 0.25) is 0 Å². The highest BCUT2D eigenvalue weighted by Gasteiger charge is 2.25. The summed E-state index contributed by atoms with van der Waals surface area (Å²) >= 11 is 0. The quantitative estimate of drug-likeness (QED) is 0.537. The maximum absolute atomic E-state index is 14.1. The molecular formula is C21H27F2N5O2. The Hall–Kier alpha value is -2.78. The van der Waals surface area contributed by atoms with Gasteiger partial charge in [0, 0.05) is 39.3 Å². The molecule has 2 heterocycles. The van der Waals surface area contributed by atoms with E-state index in [0.717, 1.165) is 44.9 Å². The van der Waals surface area contributed by atoms with Crippen molar-refractivity contribution in [3.8, 4) is 17.0 Å². The van der Waals surface area contributed by atoms with Crippen molar-refractivity contribution in [1.82, 2.24) is 14.8 Å². The van der Waals surface area contributed by atoms with Crippen molar-refractivity contribution >= 4 is 11.5 Å². The average Bonchev–Trinajstić information content (AvgIpc) is 2.66. The molecule has 0 bridgehead atoms. The molecule has 30 heavy (non-hydrogen) atoms. The van der Waals surface area contributed by atoms with Crippen LogP contribution >= 0.6 is 0 Å². The van der Waals surface area contributed by atoms with Crippen molar-refractivity contribution in [2.45, 2.75) is 13.8 Å². The van der Waals surface area contributed by atoms with Gasteiger partial charge in [-0.05, 0) is 18.1 Å². The monoisotopic (exact) mass is 419 g/mol. The topological polar surface area (TPSA) is 109 Å². The van der Waals surface area contributed by atoms with Crippen molar-refractivity contribution in [2.24, 2.45) is 5.92 Å². The van der Waals surface area contributed by atoms with E-state index in [9.17, 15) is 18.7 Å². The minimum Gasteiger partial charge on any atom is -0.503 e. The molecule has 162 valence electrons. The number of hydrogen-bond acceptors (Lipinski definition) is 6. The molecule has 1 fully saturated rings. The molecule has 0 spiro atoms. The van der Waals surface area contributed by atoms with Gasteiger partial charge in [-0.2, -0.15) is 0 Å². The highest BCUT2D eigenvalue weighted by atomic mass is 19.1. The van der Waals surface area contributed by atoms with Gasteiger partial charge in [-0.3, -0.25) is 9.69 Å². The zero-order valence-electron chi connectivity index (χ0n) is 17.1. The average molecular weight is 419 g/mol. The molecular weight excluding hydrogens is 392 g/mol. The second kappa shape index (κ2) is 8.93. The normalized spacial score (nSPS) is 15.6. The Morgan fingerprint density at radius 3 is 2.33 bits per heavy atom. The number of hydrogen-bond donors (Lipinski definition) is 4. The van der Waals surface area contributed by atoms with Crippen LogP contribution < -0.4 is 11.2 Å². The first-order chi connectivity index (χ1) is 14.2.